The first kappa shape index (κ1) is 10.6. The van der Waals surface area contributed by atoms with Crippen LogP contribution in [0.1, 0.15) is 21.1 Å². The van der Waals surface area contributed by atoms with Crippen molar-refractivity contribution >= 4 is 17.2 Å². The number of amides is 1. The lowest BCUT2D eigenvalue weighted by molar-refractivity contribution is 0.0952. The Kier molecular flexibility index (Phi) is 3.33. The molecular weight excluding hydrogens is 210 g/mol. The SMILES string of the molecule is Cc1ncc(C(=O)NCC2CCNC2)s1. The lowest BCUT2D eigenvalue weighted by Gasteiger charge is -2.08. The number of aryl methyl sites for hydroxylation is 1. The van der Waals surface area contributed by atoms with E-state index in [4.69, 9.17) is 0 Å². The van der Waals surface area contributed by atoms with E-state index in [-0.39, 0.29) is 5.91 Å². The van der Waals surface area contributed by atoms with Crippen LogP contribution in [0.15, 0.2) is 6.20 Å². The zero-order chi connectivity index (χ0) is 10.7. The molecule has 1 aliphatic rings. The van der Waals surface area contributed by atoms with Crippen molar-refractivity contribution in [2.75, 3.05) is 19.6 Å². The van der Waals surface area contributed by atoms with Crippen LogP contribution in [0.5, 0.6) is 0 Å². The minimum atomic E-state index is 0.00694. The van der Waals surface area contributed by atoms with Gasteiger partial charge in [0.15, 0.2) is 0 Å². The molecule has 1 aliphatic heterocycles. The van der Waals surface area contributed by atoms with E-state index in [2.05, 4.69) is 15.6 Å². The largest absolute Gasteiger partial charge is 0.351 e. The molecule has 0 saturated carbocycles. The maximum atomic E-state index is 11.7. The van der Waals surface area contributed by atoms with Gasteiger partial charge in [-0.05, 0) is 32.4 Å². The van der Waals surface area contributed by atoms with Crippen LogP contribution in [0.25, 0.3) is 0 Å². The summed E-state index contributed by atoms with van der Waals surface area (Å²) in [5.41, 5.74) is 0. The van der Waals surface area contributed by atoms with Gasteiger partial charge < -0.3 is 10.6 Å². The van der Waals surface area contributed by atoms with Crippen LogP contribution in [-0.4, -0.2) is 30.5 Å². The fourth-order valence-corrected chi connectivity index (χ4v) is 2.37. The first-order valence-corrected chi connectivity index (χ1v) is 5.98. The third kappa shape index (κ3) is 2.76. The zero-order valence-electron chi connectivity index (χ0n) is 8.75. The van der Waals surface area contributed by atoms with Gasteiger partial charge >= 0.3 is 0 Å². The maximum absolute atomic E-state index is 11.7. The molecule has 1 amide bonds. The van der Waals surface area contributed by atoms with Gasteiger partial charge in [0.2, 0.25) is 0 Å². The molecule has 2 heterocycles. The number of aromatic nitrogens is 1. The molecule has 0 bridgehead atoms. The van der Waals surface area contributed by atoms with Gasteiger partial charge in [-0.15, -0.1) is 11.3 Å². The first-order chi connectivity index (χ1) is 7.25. The van der Waals surface area contributed by atoms with E-state index < -0.39 is 0 Å². The Morgan fingerprint density at radius 3 is 3.27 bits per heavy atom. The summed E-state index contributed by atoms with van der Waals surface area (Å²) in [5.74, 6) is 0.593. The predicted molar refractivity (Wildman–Crippen MR) is 60.2 cm³/mol. The van der Waals surface area contributed by atoms with E-state index >= 15 is 0 Å². The second-order valence-electron chi connectivity index (χ2n) is 3.81. The van der Waals surface area contributed by atoms with E-state index in [1.54, 1.807) is 6.20 Å². The average molecular weight is 225 g/mol. The van der Waals surface area contributed by atoms with Gasteiger partial charge in [-0.1, -0.05) is 0 Å². The lowest BCUT2D eigenvalue weighted by Crippen LogP contribution is -2.29. The predicted octanol–water partition coefficient (Wildman–Crippen LogP) is 0.791. The average Bonchev–Trinajstić information content (AvgIpc) is 2.84. The van der Waals surface area contributed by atoms with E-state index in [0.29, 0.717) is 10.8 Å². The van der Waals surface area contributed by atoms with E-state index in [9.17, 15) is 4.79 Å². The first-order valence-electron chi connectivity index (χ1n) is 5.17. The van der Waals surface area contributed by atoms with Crippen LogP contribution < -0.4 is 10.6 Å². The highest BCUT2D eigenvalue weighted by atomic mass is 32.1. The van der Waals surface area contributed by atoms with Crippen LogP contribution in [0.2, 0.25) is 0 Å². The quantitative estimate of drug-likeness (QED) is 0.799. The summed E-state index contributed by atoms with van der Waals surface area (Å²) < 4.78 is 0. The topological polar surface area (TPSA) is 54.0 Å². The standard InChI is InChI=1S/C10H15N3OS/c1-7-12-6-9(15-7)10(14)13-5-8-2-3-11-4-8/h6,8,11H,2-5H2,1H3,(H,13,14). The third-order valence-corrected chi connectivity index (χ3v) is 3.47. The molecule has 0 aliphatic carbocycles. The normalized spacial score (nSPS) is 20.5. The summed E-state index contributed by atoms with van der Waals surface area (Å²) in [4.78, 5) is 16.4. The van der Waals surface area contributed by atoms with Crippen molar-refractivity contribution in [3.05, 3.63) is 16.1 Å². The minimum Gasteiger partial charge on any atom is -0.351 e. The number of thiazole rings is 1. The second kappa shape index (κ2) is 4.72. The summed E-state index contributed by atoms with van der Waals surface area (Å²) in [6.45, 7) is 4.76. The van der Waals surface area contributed by atoms with Gasteiger partial charge in [0.1, 0.15) is 4.88 Å². The second-order valence-corrected chi connectivity index (χ2v) is 5.05. The summed E-state index contributed by atoms with van der Waals surface area (Å²) in [7, 11) is 0. The van der Waals surface area contributed by atoms with Gasteiger partial charge in [0.05, 0.1) is 11.2 Å². The Labute approximate surface area is 93.1 Å². The highest BCUT2D eigenvalue weighted by molar-refractivity contribution is 7.13. The fraction of sp³-hybridized carbons (Fsp3) is 0.600. The third-order valence-electron chi connectivity index (χ3n) is 2.56. The van der Waals surface area contributed by atoms with Crippen LogP contribution in [0, 0.1) is 12.8 Å². The number of hydrogen-bond donors (Lipinski definition) is 2. The number of hydrogen-bond acceptors (Lipinski definition) is 4. The number of nitrogens with one attached hydrogen (secondary N) is 2. The molecule has 1 fully saturated rings. The molecule has 1 aromatic heterocycles. The Morgan fingerprint density at radius 1 is 1.80 bits per heavy atom. The molecule has 0 spiro atoms. The van der Waals surface area contributed by atoms with Gasteiger partial charge in [0.25, 0.3) is 5.91 Å². The molecule has 1 aromatic rings. The Balaban J connectivity index is 1.81. The molecule has 5 heteroatoms. The molecular formula is C10H15N3OS. The summed E-state index contributed by atoms with van der Waals surface area (Å²) >= 11 is 1.44. The number of rotatable bonds is 3. The Bertz CT molecular complexity index is 344. The minimum absolute atomic E-state index is 0.00694. The summed E-state index contributed by atoms with van der Waals surface area (Å²) in [6, 6.07) is 0. The summed E-state index contributed by atoms with van der Waals surface area (Å²) in [6.07, 6.45) is 2.80. The van der Waals surface area contributed by atoms with Crippen molar-refractivity contribution < 1.29 is 4.79 Å². The molecule has 82 valence electrons. The van der Waals surface area contributed by atoms with Crippen molar-refractivity contribution in [2.45, 2.75) is 13.3 Å². The molecule has 4 nitrogen and oxygen atoms in total. The molecule has 1 saturated heterocycles. The zero-order valence-corrected chi connectivity index (χ0v) is 9.56. The maximum Gasteiger partial charge on any atom is 0.263 e. The Hall–Kier alpha value is -0.940. The van der Waals surface area contributed by atoms with Crippen LogP contribution in [0.3, 0.4) is 0 Å². The molecule has 0 radical (unpaired) electrons. The highest BCUT2D eigenvalue weighted by Crippen LogP contribution is 2.11. The van der Waals surface area contributed by atoms with Crippen molar-refractivity contribution in [3.63, 3.8) is 0 Å². The van der Waals surface area contributed by atoms with Crippen LogP contribution in [-0.2, 0) is 0 Å². The van der Waals surface area contributed by atoms with E-state index in [1.165, 1.54) is 11.3 Å². The summed E-state index contributed by atoms with van der Waals surface area (Å²) in [5, 5.41) is 7.16. The van der Waals surface area contributed by atoms with Gasteiger partial charge in [-0.2, -0.15) is 0 Å². The van der Waals surface area contributed by atoms with Crippen molar-refractivity contribution in [3.8, 4) is 0 Å². The molecule has 0 aromatic carbocycles. The number of carbonyl (C=O) groups excluding carboxylic acids is 1. The molecule has 2 rings (SSSR count). The Morgan fingerprint density at radius 2 is 2.67 bits per heavy atom. The smallest absolute Gasteiger partial charge is 0.263 e. The van der Waals surface area contributed by atoms with Crippen molar-refractivity contribution in [1.29, 1.82) is 0 Å². The molecule has 1 atom stereocenters. The number of carbonyl (C=O) groups is 1. The monoisotopic (exact) mass is 225 g/mol. The van der Waals surface area contributed by atoms with Crippen molar-refractivity contribution in [2.24, 2.45) is 5.92 Å². The fourth-order valence-electron chi connectivity index (χ4n) is 1.68. The molecule has 2 N–H and O–H groups in total. The highest BCUT2D eigenvalue weighted by Gasteiger charge is 2.16. The molecule has 15 heavy (non-hydrogen) atoms. The van der Waals surface area contributed by atoms with Crippen molar-refractivity contribution in [1.82, 2.24) is 15.6 Å². The number of nitrogens with zero attached hydrogens (tertiary/aromatic N) is 1. The van der Waals surface area contributed by atoms with Crippen LogP contribution >= 0.6 is 11.3 Å². The molecule has 1 unspecified atom stereocenters. The van der Waals surface area contributed by atoms with Gasteiger partial charge in [-0.25, -0.2) is 4.98 Å². The van der Waals surface area contributed by atoms with E-state index in [1.807, 2.05) is 6.92 Å². The lowest BCUT2D eigenvalue weighted by atomic mass is 10.1. The van der Waals surface area contributed by atoms with E-state index in [0.717, 1.165) is 31.1 Å². The van der Waals surface area contributed by atoms with Gasteiger partial charge in [0, 0.05) is 6.54 Å². The van der Waals surface area contributed by atoms with Gasteiger partial charge in [-0.3, -0.25) is 4.79 Å². The van der Waals surface area contributed by atoms with Crippen LogP contribution in [0.4, 0.5) is 0 Å².